The molecule has 5 heterocycles. The van der Waals surface area contributed by atoms with E-state index in [1.54, 1.807) is 0 Å². The number of fused-ring (bicyclic) bond motifs is 8. The van der Waals surface area contributed by atoms with Crippen LogP contribution in [0.25, 0.3) is 44.4 Å². The summed E-state index contributed by atoms with van der Waals surface area (Å²) in [4.78, 5) is 17.7. The van der Waals surface area contributed by atoms with E-state index in [1.165, 1.54) is 55.6 Å². The molecule has 0 fully saturated rings. The Morgan fingerprint density at radius 3 is 1.28 bits per heavy atom. The lowest BCUT2D eigenvalue weighted by atomic mass is 10.0. The minimum Gasteiger partial charge on any atom is -0.355 e. The average Bonchev–Trinajstić information content (AvgIpc) is 3.51. The van der Waals surface area contributed by atoms with E-state index in [0.29, 0.717) is 0 Å². The predicted molar refractivity (Wildman–Crippen MR) is 155 cm³/mol. The summed E-state index contributed by atoms with van der Waals surface area (Å²) in [5.74, 6) is 0. The number of nitrogens with one attached hydrogen (secondary N) is 2. The van der Waals surface area contributed by atoms with E-state index in [-0.39, 0.29) is 0 Å². The molecule has 3 aromatic rings. The van der Waals surface area contributed by atoms with Crippen molar-refractivity contribution < 1.29 is 0 Å². The lowest BCUT2D eigenvalue weighted by Gasteiger charge is -2.00. The Bertz CT molecular complexity index is 1490. The van der Waals surface area contributed by atoms with Crippen molar-refractivity contribution in [3.05, 3.63) is 69.3 Å². The van der Waals surface area contributed by atoms with Gasteiger partial charge in [0.2, 0.25) is 0 Å². The number of rotatable bonds is 4. The maximum absolute atomic E-state index is 5.13. The second kappa shape index (κ2) is 9.24. The highest BCUT2D eigenvalue weighted by Gasteiger charge is 2.20. The van der Waals surface area contributed by atoms with Gasteiger partial charge in [-0.3, -0.25) is 0 Å². The van der Waals surface area contributed by atoms with Gasteiger partial charge in [0.05, 0.1) is 22.8 Å². The number of hydrogen-bond acceptors (Lipinski definition) is 2. The molecule has 0 unspecified atom stereocenters. The van der Waals surface area contributed by atoms with Crippen LogP contribution in [0.5, 0.6) is 0 Å². The minimum atomic E-state index is 0.953. The predicted octanol–water partition coefficient (Wildman–Crippen LogP) is 8.74. The second-order valence-electron chi connectivity index (χ2n) is 10.1. The normalized spacial score (nSPS) is 13.8. The van der Waals surface area contributed by atoms with Crippen LogP contribution in [0, 0.1) is 13.8 Å². The van der Waals surface area contributed by atoms with Crippen molar-refractivity contribution >= 4 is 44.4 Å². The quantitative estimate of drug-likeness (QED) is 0.394. The molecule has 0 saturated heterocycles. The van der Waals surface area contributed by atoms with Gasteiger partial charge in [-0.15, -0.1) is 0 Å². The fraction of sp³-hybridized carbons (Fsp3) is 0.375. The van der Waals surface area contributed by atoms with Gasteiger partial charge < -0.3 is 9.97 Å². The molecule has 0 spiro atoms. The fourth-order valence-corrected chi connectivity index (χ4v) is 6.02. The smallest absolute Gasteiger partial charge is 0.0693 e. The molecule has 186 valence electrons. The first-order chi connectivity index (χ1) is 17.3. The Morgan fingerprint density at radius 2 is 0.917 bits per heavy atom. The maximum atomic E-state index is 5.13. The number of aromatic amines is 2. The van der Waals surface area contributed by atoms with Crippen LogP contribution in [0.1, 0.15) is 99.4 Å². The molecule has 2 aliphatic heterocycles. The third kappa shape index (κ3) is 3.75. The van der Waals surface area contributed by atoms with Crippen molar-refractivity contribution in [2.24, 2.45) is 0 Å². The largest absolute Gasteiger partial charge is 0.355 e. The van der Waals surface area contributed by atoms with Gasteiger partial charge >= 0.3 is 0 Å². The molecule has 8 bridgehead atoms. The molecule has 0 aromatic carbocycles. The molecular formula is C32H38N4. The van der Waals surface area contributed by atoms with Crippen LogP contribution < -0.4 is 0 Å². The molecule has 36 heavy (non-hydrogen) atoms. The van der Waals surface area contributed by atoms with Crippen LogP contribution in [0.15, 0.2) is 24.3 Å². The summed E-state index contributed by atoms with van der Waals surface area (Å²) >= 11 is 0. The summed E-state index contributed by atoms with van der Waals surface area (Å²) in [6.45, 7) is 17.8. The van der Waals surface area contributed by atoms with Crippen LogP contribution in [-0.4, -0.2) is 19.9 Å². The first-order valence-electron chi connectivity index (χ1n) is 13.4. The van der Waals surface area contributed by atoms with Crippen LogP contribution >= 0.6 is 0 Å². The van der Waals surface area contributed by atoms with Crippen molar-refractivity contribution in [2.45, 2.75) is 81.1 Å². The molecule has 4 nitrogen and oxygen atoms in total. The monoisotopic (exact) mass is 478 g/mol. The zero-order valence-corrected chi connectivity index (χ0v) is 23.0. The SMILES string of the molecule is CCC1=C(C)c2cc3nc(cc4[nH]c(cc5[nH]c(cc1n2)c(C)c5CC)c(CC)c4C)C(CC)=C3C. The minimum absolute atomic E-state index is 0.953. The number of aryl methyl sites for hydroxylation is 4. The number of hydrogen-bond donors (Lipinski definition) is 2. The zero-order valence-electron chi connectivity index (χ0n) is 23.0. The number of aromatic nitrogens is 4. The molecule has 2 aliphatic rings. The molecule has 3 aromatic heterocycles. The Kier molecular flexibility index (Phi) is 6.23. The molecule has 0 aliphatic carbocycles. The molecule has 4 heteroatoms. The summed E-state index contributed by atoms with van der Waals surface area (Å²) in [6.07, 6.45) is 3.87. The van der Waals surface area contributed by atoms with Gasteiger partial charge in [0.25, 0.3) is 0 Å². The fourth-order valence-electron chi connectivity index (χ4n) is 6.02. The van der Waals surface area contributed by atoms with E-state index < -0.39 is 0 Å². The van der Waals surface area contributed by atoms with E-state index in [1.807, 2.05) is 0 Å². The third-order valence-electron chi connectivity index (χ3n) is 8.21. The van der Waals surface area contributed by atoms with Gasteiger partial charge in [-0.1, -0.05) is 27.7 Å². The van der Waals surface area contributed by atoms with Crippen molar-refractivity contribution in [3.8, 4) is 0 Å². The Labute approximate surface area is 214 Å². The Morgan fingerprint density at radius 1 is 0.500 bits per heavy atom. The van der Waals surface area contributed by atoms with Gasteiger partial charge in [-0.2, -0.15) is 0 Å². The highest BCUT2D eigenvalue weighted by Crippen LogP contribution is 2.36. The van der Waals surface area contributed by atoms with Gasteiger partial charge in [0.1, 0.15) is 0 Å². The topological polar surface area (TPSA) is 57.4 Å². The van der Waals surface area contributed by atoms with E-state index >= 15 is 0 Å². The van der Waals surface area contributed by atoms with Crippen molar-refractivity contribution in [1.82, 2.24) is 19.9 Å². The molecular weight excluding hydrogens is 440 g/mol. The average molecular weight is 479 g/mol. The van der Waals surface area contributed by atoms with Crippen LogP contribution in [-0.2, 0) is 12.8 Å². The number of allylic oxidation sites excluding steroid dienone is 4. The highest BCUT2D eigenvalue weighted by molar-refractivity contribution is 5.95. The summed E-state index contributed by atoms with van der Waals surface area (Å²) in [7, 11) is 0. The van der Waals surface area contributed by atoms with Gasteiger partial charge in [0, 0.05) is 22.1 Å². The van der Waals surface area contributed by atoms with E-state index in [0.717, 1.165) is 59.5 Å². The lowest BCUT2D eigenvalue weighted by Crippen LogP contribution is -1.83. The Hall–Kier alpha value is -3.40. The number of nitrogens with zero attached hydrogens (tertiary/aromatic N) is 2. The van der Waals surface area contributed by atoms with Crippen LogP contribution in [0.3, 0.4) is 0 Å². The maximum Gasteiger partial charge on any atom is 0.0693 e. The van der Waals surface area contributed by atoms with E-state index in [9.17, 15) is 0 Å². The molecule has 0 saturated carbocycles. The van der Waals surface area contributed by atoms with Crippen molar-refractivity contribution in [3.63, 3.8) is 0 Å². The molecule has 2 N–H and O–H groups in total. The van der Waals surface area contributed by atoms with Gasteiger partial charge in [-0.05, 0) is 122 Å². The van der Waals surface area contributed by atoms with Gasteiger partial charge in [-0.25, -0.2) is 9.97 Å². The summed E-state index contributed by atoms with van der Waals surface area (Å²) < 4.78 is 0. The van der Waals surface area contributed by atoms with E-state index in [4.69, 9.17) is 9.97 Å². The molecule has 0 amide bonds. The highest BCUT2D eigenvalue weighted by atomic mass is 14.8. The van der Waals surface area contributed by atoms with Gasteiger partial charge in [0.15, 0.2) is 0 Å². The molecule has 0 radical (unpaired) electrons. The Balaban J connectivity index is 2.00. The zero-order chi connectivity index (χ0) is 25.7. The second-order valence-corrected chi connectivity index (χ2v) is 10.1. The van der Waals surface area contributed by atoms with E-state index in [2.05, 4.69) is 89.6 Å². The first kappa shape index (κ1) is 24.3. The van der Waals surface area contributed by atoms with Crippen molar-refractivity contribution in [2.75, 3.05) is 0 Å². The standard InChI is InChI=1S/C32H38N4/c1-9-21-17(5)25-13-26-18(6)22(10-2)30(34-26)15-28-20(8)24(12-4)32(36-28)16-31-23(11-3)19(7)27(35-31)14-29(21)33-25/h13-16,35-36H,9-12H2,1-8H3. The summed E-state index contributed by atoms with van der Waals surface area (Å²) in [5, 5.41) is 0. The van der Waals surface area contributed by atoms with Crippen LogP contribution in [0.4, 0.5) is 0 Å². The van der Waals surface area contributed by atoms with Crippen molar-refractivity contribution in [1.29, 1.82) is 0 Å². The molecule has 0 atom stereocenters. The summed E-state index contributed by atoms with van der Waals surface area (Å²) in [6, 6.07) is 8.98. The first-order valence-corrected chi connectivity index (χ1v) is 13.4. The third-order valence-corrected chi connectivity index (χ3v) is 8.21. The lowest BCUT2D eigenvalue weighted by molar-refractivity contribution is 1.14. The summed E-state index contributed by atoms with van der Waals surface area (Å²) in [5.41, 5.74) is 19.3. The number of H-pyrrole nitrogens is 2. The van der Waals surface area contributed by atoms with Crippen LogP contribution in [0.2, 0.25) is 0 Å². The molecule has 5 rings (SSSR count).